The van der Waals surface area contributed by atoms with Crippen LogP contribution in [0.25, 0.3) is 0 Å². The number of aryl methyl sites for hydroxylation is 2. The van der Waals surface area contributed by atoms with Crippen LogP contribution in [-0.4, -0.2) is 44.8 Å². The third-order valence-corrected chi connectivity index (χ3v) is 4.33. The van der Waals surface area contributed by atoms with Crippen molar-refractivity contribution in [2.75, 3.05) is 18.1 Å². The number of thioether (sulfide) groups is 1. The number of hydrogen-bond donors (Lipinski definition) is 2. The minimum Gasteiger partial charge on any atom is -0.481 e. The summed E-state index contributed by atoms with van der Waals surface area (Å²) in [7, 11) is 0. The number of aromatic nitrogens is 2. The van der Waals surface area contributed by atoms with Gasteiger partial charge in [-0.05, 0) is 37.6 Å². The molecule has 0 unspecified atom stereocenters. The summed E-state index contributed by atoms with van der Waals surface area (Å²) in [6, 6.07) is 9.47. The van der Waals surface area contributed by atoms with E-state index in [-0.39, 0.29) is 11.7 Å². The van der Waals surface area contributed by atoms with Crippen LogP contribution in [0.4, 0.5) is 0 Å². The topological polar surface area (TPSA) is 84.2 Å². The molecule has 2 aromatic rings. The summed E-state index contributed by atoms with van der Waals surface area (Å²) in [5, 5.41) is 15.8. The zero-order valence-electron chi connectivity index (χ0n) is 13.8. The second-order valence-corrected chi connectivity index (χ2v) is 6.59. The van der Waals surface area contributed by atoms with Crippen LogP contribution >= 0.6 is 11.8 Å². The van der Waals surface area contributed by atoms with Crippen molar-refractivity contribution in [3.05, 3.63) is 52.8 Å². The van der Waals surface area contributed by atoms with Crippen molar-refractivity contribution in [3.63, 3.8) is 0 Å². The number of carbonyl (C=O) groups excluding carboxylic acids is 1. The average Bonchev–Trinajstić information content (AvgIpc) is 2.84. The highest BCUT2D eigenvalue weighted by Crippen LogP contribution is 2.10. The molecule has 2 rings (SSSR count). The molecule has 0 radical (unpaired) electrons. The Morgan fingerprint density at radius 1 is 1.29 bits per heavy atom. The number of carboxylic acid groups (broad SMARTS) is 1. The van der Waals surface area contributed by atoms with Gasteiger partial charge in [-0.3, -0.25) is 14.3 Å². The van der Waals surface area contributed by atoms with Crippen LogP contribution in [0.1, 0.15) is 27.3 Å². The van der Waals surface area contributed by atoms with E-state index in [0.29, 0.717) is 24.4 Å². The molecule has 1 aromatic carbocycles. The van der Waals surface area contributed by atoms with Crippen molar-refractivity contribution in [1.29, 1.82) is 0 Å². The molecule has 0 aliphatic carbocycles. The van der Waals surface area contributed by atoms with E-state index < -0.39 is 5.97 Å². The lowest BCUT2D eigenvalue weighted by Crippen LogP contribution is -2.26. The molecule has 7 heteroatoms. The lowest BCUT2D eigenvalue weighted by Gasteiger charge is -2.08. The van der Waals surface area contributed by atoms with E-state index in [1.165, 1.54) is 11.8 Å². The predicted octanol–water partition coefficient (Wildman–Crippen LogP) is 2.10. The largest absolute Gasteiger partial charge is 0.481 e. The minimum atomic E-state index is -0.844. The van der Waals surface area contributed by atoms with Crippen LogP contribution in [0.3, 0.4) is 0 Å². The number of carbonyl (C=O) groups is 2. The van der Waals surface area contributed by atoms with Gasteiger partial charge in [-0.1, -0.05) is 12.1 Å². The summed E-state index contributed by atoms with van der Waals surface area (Å²) in [5.41, 5.74) is 3.66. The zero-order chi connectivity index (χ0) is 17.5. The standard InChI is InChI=1S/C17H21N3O3S/c1-12-8-13(2)20(19-12)10-14-4-3-5-15(9-14)17(23)18-6-7-24-11-16(21)22/h3-5,8-9H,6-7,10-11H2,1-2H3,(H,18,23)(H,21,22). The summed E-state index contributed by atoms with van der Waals surface area (Å²) in [5.74, 6) is -0.373. The molecule has 1 aromatic heterocycles. The third kappa shape index (κ3) is 5.42. The molecule has 24 heavy (non-hydrogen) atoms. The van der Waals surface area contributed by atoms with E-state index in [1.54, 1.807) is 6.07 Å². The number of benzene rings is 1. The van der Waals surface area contributed by atoms with Gasteiger partial charge in [0, 0.05) is 23.6 Å². The number of carboxylic acids is 1. The van der Waals surface area contributed by atoms with E-state index in [1.807, 2.05) is 42.8 Å². The molecule has 2 N–H and O–H groups in total. The van der Waals surface area contributed by atoms with Gasteiger partial charge in [0.05, 0.1) is 18.0 Å². The van der Waals surface area contributed by atoms with Gasteiger partial charge in [0.2, 0.25) is 0 Å². The smallest absolute Gasteiger partial charge is 0.313 e. The van der Waals surface area contributed by atoms with Gasteiger partial charge in [-0.15, -0.1) is 11.8 Å². The average molecular weight is 347 g/mol. The van der Waals surface area contributed by atoms with Crippen molar-refractivity contribution >= 4 is 23.6 Å². The van der Waals surface area contributed by atoms with E-state index in [4.69, 9.17) is 5.11 Å². The predicted molar refractivity (Wildman–Crippen MR) is 94.5 cm³/mol. The van der Waals surface area contributed by atoms with Crippen LogP contribution < -0.4 is 5.32 Å². The summed E-state index contributed by atoms with van der Waals surface area (Å²) in [6.07, 6.45) is 0. The first-order valence-electron chi connectivity index (χ1n) is 7.63. The lowest BCUT2D eigenvalue weighted by atomic mass is 10.1. The Morgan fingerprint density at radius 3 is 2.75 bits per heavy atom. The highest BCUT2D eigenvalue weighted by molar-refractivity contribution is 7.99. The molecule has 0 fully saturated rings. The van der Waals surface area contributed by atoms with Gasteiger partial charge < -0.3 is 10.4 Å². The Balaban J connectivity index is 1.90. The Morgan fingerprint density at radius 2 is 2.08 bits per heavy atom. The van der Waals surface area contributed by atoms with E-state index in [0.717, 1.165) is 17.0 Å². The second kappa shape index (κ2) is 8.54. The zero-order valence-corrected chi connectivity index (χ0v) is 14.6. The first-order valence-corrected chi connectivity index (χ1v) is 8.79. The van der Waals surface area contributed by atoms with Gasteiger partial charge in [0.1, 0.15) is 0 Å². The maximum Gasteiger partial charge on any atom is 0.313 e. The van der Waals surface area contributed by atoms with Gasteiger partial charge in [0.25, 0.3) is 5.91 Å². The van der Waals surface area contributed by atoms with Crippen molar-refractivity contribution in [2.24, 2.45) is 0 Å². The second-order valence-electron chi connectivity index (χ2n) is 5.49. The molecule has 0 bridgehead atoms. The Hall–Kier alpha value is -2.28. The normalized spacial score (nSPS) is 10.6. The fraction of sp³-hybridized carbons (Fsp3) is 0.353. The summed E-state index contributed by atoms with van der Waals surface area (Å²) < 4.78 is 1.91. The molecule has 1 amide bonds. The molecule has 128 valence electrons. The Labute approximate surface area is 145 Å². The summed E-state index contributed by atoms with van der Waals surface area (Å²) in [4.78, 5) is 22.6. The van der Waals surface area contributed by atoms with Gasteiger partial charge in [-0.25, -0.2) is 0 Å². The molecule has 0 spiro atoms. The van der Waals surface area contributed by atoms with Gasteiger partial charge in [0.15, 0.2) is 0 Å². The molecule has 6 nitrogen and oxygen atoms in total. The molecular weight excluding hydrogens is 326 g/mol. The number of nitrogens with zero attached hydrogens (tertiary/aromatic N) is 2. The van der Waals surface area contributed by atoms with Gasteiger partial charge >= 0.3 is 5.97 Å². The number of rotatable bonds is 8. The summed E-state index contributed by atoms with van der Waals surface area (Å²) >= 11 is 1.28. The molecule has 0 aliphatic heterocycles. The molecular formula is C17H21N3O3S. The number of hydrogen-bond acceptors (Lipinski definition) is 4. The molecule has 0 saturated heterocycles. The number of amides is 1. The first-order chi connectivity index (χ1) is 11.5. The third-order valence-electron chi connectivity index (χ3n) is 3.38. The van der Waals surface area contributed by atoms with E-state index >= 15 is 0 Å². The molecule has 1 heterocycles. The fourth-order valence-corrected chi connectivity index (χ4v) is 2.88. The van der Waals surface area contributed by atoms with E-state index in [9.17, 15) is 9.59 Å². The first kappa shape index (κ1) is 18.1. The number of aliphatic carboxylic acids is 1. The van der Waals surface area contributed by atoms with Crippen molar-refractivity contribution in [3.8, 4) is 0 Å². The maximum absolute atomic E-state index is 12.2. The van der Waals surface area contributed by atoms with Crippen LogP contribution in [0.15, 0.2) is 30.3 Å². The Bertz CT molecular complexity index is 728. The SMILES string of the molecule is Cc1cc(C)n(Cc2cccc(C(=O)NCCSCC(=O)O)c2)n1. The van der Waals surface area contributed by atoms with Crippen molar-refractivity contribution in [1.82, 2.24) is 15.1 Å². The van der Waals surface area contributed by atoms with E-state index in [2.05, 4.69) is 10.4 Å². The Kier molecular flexibility index (Phi) is 6.43. The monoisotopic (exact) mass is 347 g/mol. The molecule has 0 saturated carbocycles. The van der Waals surface area contributed by atoms with Crippen molar-refractivity contribution in [2.45, 2.75) is 20.4 Å². The minimum absolute atomic E-state index is 0.0496. The lowest BCUT2D eigenvalue weighted by molar-refractivity contribution is -0.133. The van der Waals surface area contributed by atoms with Gasteiger partial charge in [-0.2, -0.15) is 5.10 Å². The van der Waals surface area contributed by atoms with Crippen LogP contribution in [0.2, 0.25) is 0 Å². The summed E-state index contributed by atoms with van der Waals surface area (Å²) in [6.45, 7) is 5.02. The van der Waals surface area contributed by atoms with Crippen LogP contribution in [0.5, 0.6) is 0 Å². The van der Waals surface area contributed by atoms with Crippen LogP contribution in [-0.2, 0) is 11.3 Å². The number of nitrogens with one attached hydrogen (secondary N) is 1. The highest BCUT2D eigenvalue weighted by Gasteiger charge is 2.08. The molecule has 0 aliphatic rings. The highest BCUT2D eigenvalue weighted by atomic mass is 32.2. The quantitative estimate of drug-likeness (QED) is 0.715. The van der Waals surface area contributed by atoms with Crippen LogP contribution in [0, 0.1) is 13.8 Å². The fourth-order valence-electron chi connectivity index (χ4n) is 2.32. The van der Waals surface area contributed by atoms with Crippen molar-refractivity contribution < 1.29 is 14.7 Å². The molecule has 0 atom stereocenters. The maximum atomic E-state index is 12.2.